The van der Waals surface area contributed by atoms with Gasteiger partial charge in [0.1, 0.15) is 0 Å². The van der Waals surface area contributed by atoms with Crippen LogP contribution >= 0.6 is 0 Å². The van der Waals surface area contributed by atoms with E-state index < -0.39 is 5.97 Å². The molecule has 100 valence electrons. The van der Waals surface area contributed by atoms with Gasteiger partial charge < -0.3 is 10.8 Å². The average molecular weight is 268 g/mol. The maximum Gasteiger partial charge on any atom is 0.336 e. The van der Waals surface area contributed by atoms with Crippen molar-refractivity contribution in [1.29, 1.82) is 0 Å². The van der Waals surface area contributed by atoms with Gasteiger partial charge in [-0.3, -0.25) is 0 Å². The van der Waals surface area contributed by atoms with Crippen LogP contribution in [0.4, 0.5) is 5.95 Å². The highest BCUT2D eigenvalue weighted by atomic mass is 16.4. The Labute approximate surface area is 114 Å². The van der Waals surface area contributed by atoms with Gasteiger partial charge >= 0.3 is 5.97 Å². The Balaban J connectivity index is 2.28. The van der Waals surface area contributed by atoms with E-state index >= 15 is 0 Å². The van der Waals surface area contributed by atoms with E-state index in [4.69, 9.17) is 5.73 Å². The lowest BCUT2D eigenvalue weighted by Crippen LogP contribution is -2.02. The molecule has 0 fully saturated rings. The van der Waals surface area contributed by atoms with Crippen LogP contribution < -0.4 is 5.73 Å². The molecule has 1 aromatic carbocycles. The largest absolute Gasteiger partial charge is 0.478 e. The molecule has 0 spiro atoms. The van der Waals surface area contributed by atoms with Crippen molar-refractivity contribution in [2.24, 2.45) is 0 Å². The van der Waals surface area contributed by atoms with E-state index in [1.807, 2.05) is 31.2 Å². The number of hydrogen-bond donors (Lipinski definition) is 2. The van der Waals surface area contributed by atoms with Crippen LogP contribution in [0.5, 0.6) is 0 Å². The van der Waals surface area contributed by atoms with E-state index in [2.05, 4.69) is 10.1 Å². The number of nitrogen functional groups attached to an aromatic ring is 1. The van der Waals surface area contributed by atoms with E-state index in [-0.39, 0.29) is 11.5 Å². The molecule has 0 saturated heterocycles. The average Bonchev–Trinajstić information content (AvgIpc) is 2.77. The van der Waals surface area contributed by atoms with Crippen LogP contribution in [0.3, 0.4) is 0 Å². The third kappa shape index (κ3) is 1.97. The Hall–Kier alpha value is -2.89. The summed E-state index contributed by atoms with van der Waals surface area (Å²) in [4.78, 5) is 15.4. The number of hydrogen-bond acceptors (Lipinski definition) is 4. The maximum atomic E-state index is 11.4. The topological polar surface area (TPSA) is 93.5 Å². The fourth-order valence-electron chi connectivity index (χ4n) is 2.08. The lowest BCUT2D eigenvalue weighted by atomic mass is 10.0. The summed E-state index contributed by atoms with van der Waals surface area (Å²) in [7, 11) is 0. The van der Waals surface area contributed by atoms with Gasteiger partial charge in [-0.25, -0.2) is 9.31 Å². The molecule has 2 aromatic heterocycles. The molecule has 0 radical (unpaired) electrons. The highest BCUT2D eigenvalue weighted by Crippen LogP contribution is 2.25. The molecule has 3 N–H and O–H groups in total. The number of anilines is 1. The summed E-state index contributed by atoms with van der Waals surface area (Å²) in [6.07, 6.45) is 1.63. The number of pyridine rings is 1. The number of aromatic nitrogens is 3. The zero-order valence-electron chi connectivity index (χ0n) is 10.7. The summed E-state index contributed by atoms with van der Waals surface area (Å²) < 4.78 is 1.48. The van der Waals surface area contributed by atoms with E-state index in [1.54, 1.807) is 6.20 Å². The van der Waals surface area contributed by atoms with Gasteiger partial charge in [0.2, 0.25) is 5.95 Å². The van der Waals surface area contributed by atoms with Crippen LogP contribution in [0.25, 0.3) is 16.8 Å². The lowest BCUT2D eigenvalue weighted by Gasteiger charge is -2.07. The quantitative estimate of drug-likeness (QED) is 0.741. The Kier molecular flexibility index (Phi) is 2.64. The number of fused-ring (bicyclic) bond motifs is 1. The molecular formula is C14H12N4O2. The predicted molar refractivity (Wildman–Crippen MR) is 74.5 cm³/mol. The summed E-state index contributed by atoms with van der Waals surface area (Å²) in [5.74, 6) is -0.896. The van der Waals surface area contributed by atoms with Crippen molar-refractivity contribution >= 4 is 17.6 Å². The van der Waals surface area contributed by atoms with Gasteiger partial charge in [0.05, 0.1) is 5.56 Å². The smallest absolute Gasteiger partial charge is 0.336 e. The van der Waals surface area contributed by atoms with Crippen molar-refractivity contribution in [2.45, 2.75) is 6.92 Å². The van der Waals surface area contributed by atoms with Crippen LogP contribution in [0.15, 0.2) is 36.5 Å². The van der Waals surface area contributed by atoms with Gasteiger partial charge in [0, 0.05) is 11.8 Å². The number of benzene rings is 1. The van der Waals surface area contributed by atoms with Gasteiger partial charge in [-0.05, 0) is 18.6 Å². The first-order valence-corrected chi connectivity index (χ1v) is 6.01. The van der Waals surface area contributed by atoms with Crippen molar-refractivity contribution in [2.75, 3.05) is 5.73 Å². The summed E-state index contributed by atoms with van der Waals surface area (Å²) in [5, 5.41) is 13.4. The van der Waals surface area contributed by atoms with Crippen molar-refractivity contribution in [3.05, 3.63) is 47.7 Å². The van der Waals surface area contributed by atoms with Crippen molar-refractivity contribution in [3.63, 3.8) is 0 Å². The molecule has 0 amide bonds. The first kappa shape index (κ1) is 12.2. The first-order valence-electron chi connectivity index (χ1n) is 6.01. The maximum absolute atomic E-state index is 11.4. The summed E-state index contributed by atoms with van der Waals surface area (Å²) in [5.41, 5.74) is 8.62. The number of nitrogens with zero attached hydrogens (tertiary/aromatic N) is 3. The molecule has 0 saturated carbocycles. The molecule has 0 aliphatic heterocycles. The van der Waals surface area contributed by atoms with Gasteiger partial charge in [0.15, 0.2) is 5.65 Å². The third-order valence-corrected chi connectivity index (χ3v) is 3.08. The fourth-order valence-corrected chi connectivity index (χ4v) is 2.08. The molecule has 0 unspecified atom stereocenters. The zero-order chi connectivity index (χ0) is 14.3. The highest BCUT2D eigenvalue weighted by molar-refractivity contribution is 5.97. The van der Waals surface area contributed by atoms with E-state index in [1.165, 1.54) is 10.6 Å². The Morgan fingerprint density at radius 1 is 1.30 bits per heavy atom. The fraction of sp³-hybridized carbons (Fsp3) is 0.0714. The number of carboxylic acids is 1. The minimum absolute atomic E-state index is 0.113. The summed E-state index contributed by atoms with van der Waals surface area (Å²) in [6.45, 7) is 1.98. The molecule has 6 heteroatoms. The van der Waals surface area contributed by atoms with Crippen LogP contribution in [0.1, 0.15) is 15.9 Å². The zero-order valence-corrected chi connectivity index (χ0v) is 10.7. The van der Waals surface area contributed by atoms with Crippen LogP contribution in [0.2, 0.25) is 0 Å². The number of nitrogens with two attached hydrogens (primary N) is 1. The third-order valence-electron chi connectivity index (χ3n) is 3.08. The number of rotatable bonds is 2. The second-order valence-corrected chi connectivity index (χ2v) is 4.54. The molecule has 0 aliphatic rings. The lowest BCUT2D eigenvalue weighted by molar-refractivity contribution is 0.0697. The standard InChI is InChI=1S/C14H12N4O2/c1-8-2-4-9(5-3-8)11-7-18-12(16-14(15)17-18)6-10(11)13(19)20/h2-7H,1H3,(H2,15,17)(H,19,20). The van der Waals surface area contributed by atoms with E-state index in [0.717, 1.165) is 11.1 Å². The van der Waals surface area contributed by atoms with Crippen LogP contribution in [-0.2, 0) is 0 Å². The second kappa shape index (κ2) is 4.34. The van der Waals surface area contributed by atoms with E-state index in [0.29, 0.717) is 11.2 Å². The summed E-state index contributed by atoms with van der Waals surface area (Å²) in [6, 6.07) is 9.09. The normalized spacial score (nSPS) is 10.8. The highest BCUT2D eigenvalue weighted by Gasteiger charge is 2.15. The number of carboxylic acid groups (broad SMARTS) is 1. The number of carbonyl (C=O) groups is 1. The monoisotopic (exact) mass is 268 g/mol. The second-order valence-electron chi connectivity index (χ2n) is 4.54. The van der Waals surface area contributed by atoms with Crippen molar-refractivity contribution < 1.29 is 9.90 Å². The Morgan fingerprint density at radius 3 is 2.65 bits per heavy atom. The molecular weight excluding hydrogens is 256 g/mol. The molecule has 3 rings (SSSR count). The number of aryl methyl sites for hydroxylation is 1. The van der Waals surface area contributed by atoms with Crippen LogP contribution in [-0.4, -0.2) is 25.7 Å². The molecule has 0 atom stereocenters. The van der Waals surface area contributed by atoms with Gasteiger partial charge in [-0.15, -0.1) is 5.10 Å². The minimum atomic E-state index is -1.01. The van der Waals surface area contributed by atoms with Gasteiger partial charge in [0.25, 0.3) is 0 Å². The SMILES string of the molecule is Cc1ccc(-c2cn3nc(N)nc3cc2C(=O)O)cc1. The summed E-state index contributed by atoms with van der Waals surface area (Å²) >= 11 is 0. The first-order chi connectivity index (χ1) is 9.54. The molecule has 3 aromatic rings. The molecule has 0 bridgehead atoms. The van der Waals surface area contributed by atoms with Crippen molar-refractivity contribution in [3.8, 4) is 11.1 Å². The molecule has 6 nitrogen and oxygen atoms in total. The molecule has 2 heterocycles. The van der Waals surface area contributed by atoms with Gasteiger partial charge in [-0.1, -0.05) is 29.8 Å². The van der Waals surface area contributed by atoms with Crippen molar-refractivity contribution in [1.82, 2.24) is 14.6 Å². The minimum Gasteiger partial charge on any atom is -0.478 e. The Bertz CT molecular complexity index is 806. The molecule has 20 heavy (non-hydrogen) atoms. The Morgan fingerprint density at radius 2 is 2.00 bits per heavy atom. The number of aromatic carboxylic acids is 1. The van der Waals surface area contributed by atoms with Crippen LogP contribution in [0, 0.1) is 6.92 Å². The van der Waals surface area contributed by atoms with Gasteiger partial charge in [-0.2, -0.15) is 4.98 Å². The van der Waals surface area contributed by atoms with E-state index in [9.17, 15) is 9.90 Å². The molecule has 0 aliphatic carbocycles. The predicted octanol–water partition coefficient (Wildman–Crippen LogP) is 1.99.